The lowest BCUT2D eigenvalue weighted by atomic mass is 10.0. The number of carbonyl (C=O) groups is 1. The zero-order valence-corrected chi connectivity index (χ0v) is 10.6. The van der Waals surface area contributed by atoms with Gasteiger partial charge in [-0.3, -0.25) is 4.79 Å². The Balaban J connectivity index is 2.62. The van der Waals surface area contributed by atoms with Crippen LogP contribution < -0.4 is 5.32 Å². The summed E-state index contributed by atoms with van der Waals surface area (Å²) in [5.74, 6) is -0.111. The summed E-state index contributed by atoms with van der Waals surface area (Å²) in [4.78, 5) is 11.8. The van der Waals surface area contributed by atoms with Gasteiger partial charge in [-0.15, -0.1) is 0 Å². The molecule has 0 unspecified atom stereocenters. The van der Waals surface area contributed by atoms with Gasteiger partial charge >= 0.3 is 0 Å². The minimum absolute atomic E-state index is 0.111. The molecule has 0 bridgehead atoms. The van der Waals surface area contributed by atoms with Crippen molar-refractivity contribution in [3.8, 4) is 6.07 Å². The maximum Gasteiger partial charge on any atom is 0.225 e. The molecule has 3 nitrogen and oxygen atoms in total. The Labute approximate surface area is 102 Å². The molecule has 0 aliphatic carbocycles. The van der Waals surface area contributed by atoms with Gasteiger partial charge in [0.2, 0.25) is 5.91 Å². The van der Waals surface area contributed by atoms with Gasteiger partial charge in [0.05, 0.1) is 12.5 Å². The Morgan fingerprint density at radius 1 is 1.41 bits per heavy atom. The Bertz CT molecular complexity index is 431. The molecule has 0 aliphatic heterocycles. The highest BCUT2D eigenvalue weighted by atomic mass is 16.1. The fraction of sp³-hybridized carbons (Fsp3) is 0.429. The predicted molar refractivity (Wildman–Crippen MR) is 67.3 cm³/mol. The summed E-state index contributed by atoms with van der Waals surface area (Å²) in [6, 6.07) is 9.95. The number of hydrogen-bond donors (Lipinski definition) is 1. The Kier molecular flexibility index (Phi) is 4.28. The lowest BCUT2D eigenvalue weighted by Gasteiger charge is -2.21. The molecule has 1 aromatic carbocycles. The molecule has 0 heterocycles. The number of nitrogens with one attached hydrogen (secondary N) is 1. The fourth-order valence-electron chi connectivity index (χ4n) is 1.44. The van der Waals surface area contributed by atoms with E-state index in [0.29, 0.717) is 12.8 Å². The minimum Gasteiger partial charge on any atom is -0.338 e. The first kappa shape index (κ1) is 13.2. The maximum atomic E-state index is 11.8. The molecular formula is C14H18N2O. The first-order chi connectivity index (χ1) is 7.99. The van der Waals surface area contributed by atoms with Crippen molar-refractivity contribution in [2.24, 2.45) is 0 Å². The monoisotopic (exact) mass is 230 g/mol. The van der Waals surface area contributed by atoms with E-state index in [1.54, 1.807) is 6.92 Å². The molecule has 1 N–H and O–H groups in total. The molecule has 0 saturated carbocycles. The third-order valence-corrected chi connectivity index (χ3v) is 2.85. The number of aryl methyl sites for hydroxylation is 1. The summed E-state index contributed by atoms with van der Waals surface area (Å²) < 4.78 is 0. The summed E-state index contributed by atoms with van der Waals surface area (Å²) in [5, 5.41) is 11.7. The van der Waals surface area contributed by atoms with Gasteiger partial charge in [0, 0.05) is 0 Å². The van der Waals surface area contributed by atoms with Crippen LogP contribution in [-0.2, 0) is 11.2 Å². The second-order valence-electron chi connectivity index (χ2n) is 4.51. The number of hydrogen-bond acceptors (Lipinski definition) is 2. The Hall–Kier alpha value is -1.82. The van der Waals surface area contributed by atoms with Crippen molar-refractivity contribution in [1.29, 1.82) is 5.26 Å². The van der Waals surface area contributed by atoms with Crippen molar-refractivity contribution < 1.29 is 4.79 Å². The van der Waals surface area contributed by atoms with E-state index in [1.807, 2.05) is 38.1 Å². The molecule has 0 aliphatic rings. The van der Waals surface area contributed by atoms with Gasteiger partial charge in [0.1, 0.15) is 5.54 Å². The molecule has 1 aromatic rings. The standard InChI is InChI=1S/C14H18N2O/c1-4-14(3,10-15)16-13(17)9-12-7-5-11(2)6-8-12/h5-8H,4,9H2,1-3H3,(H,16,17)/t14-/m0/s1. The summed E-state index contributed by atoms with van der Waals surface area (Å²) in [6.07, 6.45) is 0.917. The van der Waals surface area contributed by atoms with E-state index in [9.17, 15) is 4.79 Å². The summed E-state index contributed by atoms with van der Waals surface area (Å²) in [6.45, 7) is 5.63. The third-order valence-electron chi connectivity index (χ3n) is 2.85. The lowest BCUT2D eigenvalue weighted by molar-refractivity contribution is -0.121. The van der Waals surface area contributed by atoms with Crippen molar-refractivity contribution in [3.63, 3.8) is 0 Å². The quantitative estimate of drug-likeness (QED) is 0.863. The van der Waals surface area contributed by atoms with Gasteiger partial charge in [-0.05, 0) is 25.8 Å². The number of carbonyl (C=O) groups excluding carboxylic acids is 1. The molecule has 90 valence electrons. The summed E-state index contributed by atoms with van der Waals surface area (Å²) >= 11 is 0. The van der Waals surface area contributed by atoms with Gasteiger partial charge in [0.15, 0.2) is 0 Å². The van der Waals surface area contributed by atoms with Crippen LogP contribution in [0.5, 0.6) is 0 Å². The number of rotatable bonds is 4. The number of nitriles is 1. The second-order valence-corrected chi connectivity index (χ2v) is 4.51. The highest BCUT2D eigenvalue weighted by Gasteiger charge is 2.23. The molecule has 0 spiro atoms. The average Bonchev–Trinajstić information content (AvgIpc) is 2.32. The van der Waals surface area contributed by atoms with E-state index in [0.717, 1.165) is 5.56 Å². The molecule has 0 aromatic heterocycles. The van der Waals surface area contributed by atoms with E-state index in [2.05, 4.69) is 11.4 Å². The van der Waals surface area contributed by atoms with Crippen LogP contribution in [0.1, 0.15) is 31.4 Å². The van der Waals surface area contributed by atoms with E-state index in [-0.39, 0.29) is 5.91 Å². The number of benzene rings is 1. The number of nitrogens with zero attached hydrogens (tertiary/aromatic N) is 1. The molecule has 1 atom stereocenters. The zero-order chi connectivity index (χ0) is 12.9. The van der Waals surface area contributed by atoms with Gasteiger partial charge in [-0.25, -0.2) is 0 Å². The van der Waals surface area contributed by atoms with Crippen molar-refractivity contribution in [1.82, 2.24) is 5.32 Å². The van der Waals surface area contributed by atoms with Gasteiger partial charge < -0.3 is 5.32 Å². The molecular weight excluding hydrogens is 212 g/mol. The molecule has 1 amide bonds. The highest BCUT2D eigenvalue weighted by molar-refractivity contribution is 5.79. The Morgan fingerprint density at radius 3 is 2.47 bits per heavy atom. The number of amides is 1. The SMILES string of the molecule is CC[C@@](C)(C#N)NC(=O)Cc1ccc(C)cc1. The van der Waals surface area contributed by atoms with Crippen molar-refractivity contribution in [3.05, 3.63) is 35.4 Å². The van der Waals surface area contributed by atoms with Crippen LogP contribution in [0.3, 0.4) is 0 Å². The summed E-state index contributed by atoms with van der Waals surface area (Å²) in [7, 11) is 0. The van der Waals surface area contributed by atoms with E-state index in [1.165, 1.54) is 5.56 Å². The molecule has 17 heavy (non-hydrogen) atoms. The van der Waals surface area contributed by atoms with Crippen LogP contribution in [0.4, 0.5) is 0 Å². The van der Waals surface area contributed by atoms with Crippen LogP contribution in [0.2, 0.25) is 0 Å². The van der Waals surface area contributed by atoms with Crippen LogP contribution in [0.15, 0.2) is 24.3 Å². The van der Waals surface area contributed by atoms with Crippen LogP contribution in [0, 0.1) is 18.3 Å². The minimum atomic E-state index is -0.762. The second kappa shape index (κ2) is 5.49. The topological polar surface area (TPSA) is 52.9 Å². The van der Waals surface area contributed by atoms with Crippen LogP contribution in [0.25, 0.3) is 0 Å². The maximum absolute atomic E-state index is 11.8. The van der Waals surface area contributed by atoms with Gasteiger partial charge in [-0.2, -0.15) is 5.26 Å². The van der Waals surface area contributed by atoms with Crippen LogP contribution in [-0.4, -0.2) is 11.4 Å². The fourth-order valence-corrected chi connectivity index (χ4v) is 1.44. The smallest absolute Gasteiger partial charge is 0.225 e. The lowest BCUT2D eigenvalue weighted by Crippen LogP contribution is -2.44. The zero-order valence-electron chi connectivity index (χ0n) is 10.6. The normalized spacial score (nSPS) is 13.5. The average molecular weight is 230 g/mol. The molecule has 3 heteroatoms. The van der Waals surface area contributed by atoms with Gasteiger partial charge in [-0.1, -0.05) is 36.8 Å². The summed E-state index contributed by atoms with van der Waals surface area (Å²) in [5.41, 5.74) is 1.37. The van der Waals surface area contributed by atoms with E-state index in [4.69, 9.17) is 5.26 Å². The molecule has 0 fully saturated rings. The van der Waals surface area contributed by atoms with E-state index < -0.39 is 5.54 Å². The molecule has 1 rings (SSSR count). The highest BCUT2D eigenvalue weighted by Crippen LogP contribution is 2.09. The largest absolute Gasteiger partial charge is 0.338 e. The molecule has 0 saturated heterocycles. The first-order valence-corrected chi connectivity index (χ1v) is 5.77. The first-order valence-electron chi connectivity index (χ1n) is 5.77. The van der Waals surface area contributed by atoms with Crippen molar-refractivity contribution >= 4 is 5.91 Å². The Morgan fingerprint density at radius 2 is 2.00 bits per heavy atom. The van der Waals surface area contributed by atoms with Crippen molar-refractivity contribution in [2.45, 2.75) is 39.2 Å². The van der Waals surface area contributed by atoms with Crippen molar-refractivity contribution in [2.75, 3.05) is 0 Å². The third kappa shape index (κ3) is 3.92. The predicted octanol–water partition coefficient (Wildman–Crippen LogP) is 2.35. The molecule has 0 radical (unpaired) electrons. The van der Waals surface area contributed by atoms with E-state index >= 15 is 0 Å². The van der Waals surface area contributed by atoms with Gasteiger partial charge in [0.25, 0.3) is 0 Å². The van der Waals surface area contributed by atoms with Crippen LogP contribution >= 0.6 is 0 Å².